The molecule has 2 unspecified atom stereocenters. The molecule has 0 bridgehead atoms. The van der Waals surface area contributed by atoms with Crippen LogP contribution in [0.5, 0.6) is 5.75 Å². The molecular formula is C17H21N3O2S2. The van der Waals surface area contributed by atoms with Crippen molar-refractivity contribution >= 4 is 29.0 Å². The Labute approximate surface area is 150 Å². The van der Waals surface area contributed by atoms with Gasteiger partial charge in [0, 0.05) is 17.2 Å². The Morgan fingerprint density at radius 1 is 1.42 bits per heavy atom. The monoisotopic (exact) mass is 363 g/mol. The Hall–Kier alpha value is -1.57. The van der Waals surface area contributed by atoms with Crippen molar-refractivity contribution in [3.05, 3.63) is 34.8 Å². The van der Waals surface area contributed by atoms with Crippen molar-refractivity contribution in [2.75, 3.05) is 18.7 Å². The van der Waals surface area contributed by atoms with E-state index in [2.05, 4.69) is 15.6 Å². The first-order valence-corrected chi connectivity index (χ1v) is 9.79. The van der Waals surface area contributed by atoms with Gasteiger partial charge in [0.1, 0.15) is 10.8 Å². The molecule has 7 heteroatoms. The van der Waals surface area contributed by atoms with Crippen molar-refractivity contribution in [3.63, 3.8) is 0 Å². The van der Waals surface area contributed by atoms with Crippen molar-refractivity contribution < 1.29 is 9.53 Å². The van der Waals surface area contributed by atoms with Crippen LogP contribution in [0.3, 0.4) is 0 Å². The highest BCUT2D eigenvalue weighted by Gasteiger charge is 2.25. The molecule has 1 aromatic carbocycles. The normalized spacial score (nSPS) is 18.4. The molecule has 2 N–H and O–H groups in total. The summed E-state index contributed by atoms with van der Waals surface area (Å²) in [5.41, 5.74) is 2.02. The molecule has 0 aliphatic carbocycles. The summed E-state index contributed by atoms with van der Waals surface area (Å²) in [4.78, 5) is 18.0. The van der Waals surface area contributed by atoms with Crippen LogP contribution < -0.4 is 15.4 Å². The van der Waals surface area contributed by atoms with Gasteiger partial charge in [-0.05, 0) is 38.1 Å². The molecule has 0 radical (unpaired) electrons. The molecule has 2 aromatic rings. The van der Waals surface area contributed by atoms with E-state index in [1.54, 1.807) is 30.2 Å². The second-order valence-electron chi connectivity index (χ2n) is 5.70. The summed E-state index contributed by atoms with van der Waals surface area (Å²) in [6.07, 6.45) is 0. The van der Waals surface area contributed by atoms with Crippen molar-refractivity contribution in [2.45, 2.75) is 25.9 Å². The van der Waals surface area contributed by atoms with Gasteiger partial charge in [-0.25, -0.2) is 4.98 Å². The minimum atomic E-state index is -0.0910. The first-order valence-electron chi connectivity index (χ1n) is 7.81. The lowest BCUT2D eigenvalue weighted by molar-refractivity contribution is -0.123. The Morgan fingerprint density at radius 3 is 2.79 bits per heavy atom. The fraction of sp³-hybridized carbons (Fsp3) is 0.412. The SMILES string of the molecule is COc1ccc(-c2nc(C)c(C(C)NC(=O)C3CSCN3)s2)cc1. The van der Waals surface area contributed by atoms with E-state index in [1.807, 2.05) is 38.1 Å². The highest BCUT2D eigenvalue weighted by atomic mass is 32.2. The number of carbonyl (C=O) groups excluding carboxylic acids is 1. The number of aryl methyl sites for hydroxylation is 1. The third-order valence-corrected chi connectivity index (χ3v) is 6.28. The minimum Gasteiger partial charge on any atom is -0.497 e. The van der Waals surface area contributed by atoms with Gasteiger partial charge >= 0.3 is 0 Å². The minimum absolute atomic E-state index is 0.0469. The average molecular weight is 364 g/mol. The average Bonchev–Trinajstić information content (AvgIpc) is 3.24. The Balaban J connectivity index is 1.73. The molecule has 3 rings (SSSR count). The van der Waals surface area contributed by atoms with Crippen LogP contribution in [0.4, 0.5) is 0 Å². The molecule has 1 aliphatic heterocycles. The predicted molar refractivity (Wildman–Crippen MR) is 99.6 cm³/mol. The van der Waals surface area contributed by atoms with Gasteiger partial charge in [-0.2, -0.15) is 0 Å². The second kappa shape index (κ2) is 7.55. The maximum Gasteiger partial charge on any atom is 0.238 e. The quantitative estimate of drug-likeness (QED) is 0.855. The molecule has 1 amide bonds. The van der Waals surface area contributed by atoms with Crippen LogP contribution in [0.1, 0.15) is 23.5 Å². The smallest absolute Gasteiger partial charge is 0.238 e. The van der Waals surface area contributed by atoms with E-state index in [9.17, 15) is 4.79 Å². The molecule has 2 atom stereocenters. The summed E-state index contributed by atoms with van der Waals surface area (Å²) in [5.74, 6) is 2.56. The zero-order chi connectivity index (χ0) is 17.1. The van der Waals surface area contributed by atoms with Crippen molar-refractivity contribution in [1.82, 2.24) is 15.6 Å². The lowest BCUT2D eigenvalue weighted by atomic mass is 10.2. The number of hydrogen-bond donors (Lipinski definition) is 2. The number of methoxy groups -OCH3 is 1. The van der Waals surface area contributed by atoms with E-state index < -0.39 is 0 Å². The van der Waals surface area contributed by atoms with Crippen LogP contribution in [0, 0.1) is 6.92 Å². The number of nitrogens with one attached hydrogen (secondary N) is 2. The van der Waals surface area contributed by atoms with E-state index in [-0.39, 0.29) is 18.0 Å². The van der Waals surface area contributed by atoms with E-state index in [4.69, 9.17) is 4.74 Å². The first-order chi connectivity index (χ1) is 11.6. The largest absolute Gasteiger partial charge is 0.497 e. The van der Waals surface area contributed by atoms with Crippen LogP contribution in [0.25, 0.3) is 10.6 Å². The molecule has 1 fully saturated rings. The number of carbonyl (C=O) groups is 1. The van der Waals surface area contributed by atoms with E-state index in [1.165, 1.54) is 0 Å². The maximum absolute atomic E-state index is 12.3. The number of thioether (sulfide) groups is 1. The van der Waals surface area contributed by atoms with Gasteiger partial charge in [0.15, 0.2) is 0 Å². The van der Waals surface area contributed by atoms with Gasteiger partial charge in [-0.3, -0.25) is 10.1 Å². The molecular weight excluding hydrogens is 342 g/mol. The van der Waals surface area contributed by atoms with Crippen LogP contribution in [-0.4, -0.2) is 35.7 Å². The third-order valence-electron chi connectivity index (χ3n) is 3.95. The Bertz CT molecular complexity index is 709. The maximum atomic E-state index is 12.3. The first kappa shape index (κ1) is 17.3. The van der Waals surface area contributed by atoms with Crippen LogP contribution in [0.2, 0.25) is 0 Å². The summed E-state index contributed by atoms with van der Waals surface area (Å²) in [7, 11) is 1.66. The van der Waals surface area contributed by atoms with Crippen LogP contribution in [0.15, 0.2) is 24.3 Å². The molecule has 0 spiro atoms. The third kappa shape index (κ3) is 3.74. The number of hydrogen-bond acceptors (Lipinski definition) is 6. The molecule has 24 heavy (non-hydrogen) atoms. The summed E-state index contributed by atoms with van der Waals surface area (Å²) in [5, 5.41) is 7.25. The fourth-order valence-electron chi connectivity index (χ4n) is 2.61. The van der Waals surface area contributed by atoms with E-state index in [0.29, 0.717) is 0 Å². The van der Waals surface area contributed by atoms with Gasteiger partial charge in [0.25, 0.3) is 0 Å². The Morgan fingerprint density at radius 2 is 2.17 bits per heavy atom. The number of nitrogens with zero attached hydrogens (tertiary/aromatic N) is 1. The van der Waals surface area contributed by atoms with Crippen molar-refractivity contribution in [1.29, 1.82) is 0 Å². The number of amides is 1. The van der Waals surface area contributed by atoms with Gasteiger partial charge in [-0.15, -0.1) is 23.1 Å². The number of thiazole rings is 1. The van der Waals surface area contributed by atoms with Gasteiger partial charge in [-0.1, -0.05) is 0 Å². The standard InChI is InChI=1S/C17H21N3O2S2/c1-10(19-16(21)14-8-23-9-18-14)15-11(2)20-17(24-15)12-4-6-13(22-3)7-5-12/h4-7,10,14,18H,8-9H2,1-3H3,(H,19,21). The molecule has 128 valence electrons. The van der Waals surface area contributed by atoms with Crippen molar-refractivity contribution in [2.24, 2.45) is 0 Å². The summed E-state index contributed by atoms with van der Waals surface area (Å²) < 4.78 is 5.19. The summed E-state index contributed by atoms with van der Waals surface area (Å²) in [6, 6.07) is 7.73. The molecule has 2 heterocycles. The van der Waals surface area contributed by atoms with Crippen molar-refractivity contribution in [3.8, 4) is 16.3 Å². The summed E-state index contributed by atoms with van der Waals surface area (Å²) >= 11 is 3.38. The Kier molecular flexibility index (Phi) is 5.43. The topological polar surface area (TPSA) is 63.2 Å². The van der Waals surface area contributed by atoms with Crippen LogP contribution >= 0.6 is 23.1 Å². The molecule has 1 saturated heterocycles. The van der Waals surface area contributed by atoms with E-state index in [0.717, 1.165) is 38.5 Å². The zero-order valence-corrected chi connectivity index (χ0v) is 15.6. The van der Waals surface area contributed by atoms with Crippen LogP contribution in [-0.2, 0) is 4.79 Å². The zero-order valence-electron chi connectivity index (χ0n) is 14.0. The lowest BCUT2D eigenvalue weighted by Crippen LogP contribution is -2.42. The number of ether oxygens (including phenoxy) is 1. The summed E-state index contributed by atoms with van der Waals surface area (Å²) in [6.45, 7) is 4.00. The molecule has 1 aliphatic rings. The molecule has 5 nitrogen and oxygen atoms in total. The van der Waals surface area contributed by atoms with Gasteiger partial charge in [0.05, 0.1) is 29.8 Å². The predicted octanol–water partition coefficient (Wildman–Crippen LogP) is 2.97. The fourth-order valence-corrected chi connectivity index (χ4v) is 4.63. The lowest BCUT2D eigenvalue weighted by Gasteiger charge is -2.16. The number of rotatable bonds is 5. The highest BCUT2D eigenvalue weighted by molar-refractivity contribution is 7.99. The molecule has 0 saturated carbocycles. The van der Waals surface area contributed by atoms with Gasteiger partial charge < -0.3 is 10.1 Å². The van der Waals surface area contributed by atoms with Gasteiger partial charge in [0.2, 0.25) is 5.91 Å². The second-order valence-corrected chi connectivity index (χ2v) is 7.76. The highest BCUT2D eigenvalue weighted by Crippen LogP contribution is 2.32. The number of benzene rings is 1. The molecule has 1 aromatic heterocycles. The number of aromatic nitrogens is 1. The van der Waals surface area contributed by atoms with E-state index >= 15 is 0 Å².